The third-order valence-corrected chi connectivity index (χ3v) is 8.20. The molecule has 0 aromatic heterocycles. The van der Waals surface area contributed by atoms with Crippen LogP contribution in [0.25, 0.3) is 0 Å². The molecule has 1 aromatic carbocycles. The summed E-state index contributed by atoms with van der Waals surface area (Å²) in [5.74, 6) is 2.81. The van der Waals surface area contributed by atoms with Crippen molar-refractivity contribution >= 4 is 0 Å². The molecule has 1 nitrogen and oxygen atoms in total. The maximum absolute atomic E-state index is 10.1. The van der Waals surface area contributed by atoms with Gasteiger partial charge in [0.05, 0.1) is 11.5 Å². The molecular formula is C28H43N. The van der Waals surface area contributed by atoms with Crippen molar-refractivity contribution in [3.63, 3.8) is 0 Å². The molecule has 0 aliphatic heterocycles. The van der Waals surface area contributed by atoms with Gasteiger partial charge in [0.15, 0.2) is 0 Å². The fraction of sp³-hybridized carbons (Fsp3) is 0.750. The normalized spacial score (nSPS) is 30.0. The number of unbranched alkanes of at least 4 members (excludes halogenated alkanes) is 3. The molecule has 0 unspecified atom stereocenters. The van der Waals surface area contributed by atoms with Gasteiger partial charge < -0.3 is 0 Å². The number of hydrogen-bond donors (Lipinski definition) is 0. The Morgan fingerprint density at radius 1 is 0.828 bits per heavy atom. The molecular weight excluding hydrogens is 350 g/mol. The highest BCUT2D eigenvalue weighted by atomic mass is 14.5. The smallest absolute Gasteiger partial charge is 0.0822 e. The first-order chi connectivity index (χ1) is 14.2. The Bertz CT molecular complexity index is 621. The molecule has 2 fully saturated rings. The Hall–Kier alpha value is -1.29. The van der Waals surface area contributed by atoms with Gasteiger partial charge in [-0.2, -0.15) is 5.26 Å². The van der Waals surface area contributed by atoms with Gasteiger partial charge in [-0.15, -0.1) is 0 Å². The maximum atomic E-state index is 10.1. The highest BCUT2D eigenvalue weighted by Crippen LogP contribution is 2.47. The van der Waals surface area contributed by atoms with Gasteiger partial charge in [-0.05, 0) is 80.2 Å². The van der Waals surface area contributed by atoms with Gasteiger partial charge >= 0.3 is 0 Å². The van der Waals surface area contributed by atoms with Crippen molar-refractivity contribution in [2.75, 3.05) is 0 Å². The van der Waals surface area contributed by atoms with Gasteiger partial charge in [-0.25, -0.2) is 0 Å². The lowest BCUT2D eigenvalue weighted by Gasteiger charge is -2.41. The molecule has 3 rings (SSSR count). The number of hydrogen-bond acceptors (Lipinski definition) is 1. The lowest BCUT2D eigenvalue weighted by molar-refractivity contribution is 0.144. The summed E-state index contributed by atoms with van der Waals surface area (Å²) in [5, 5.41) is 10.1. The number of aryl methyl sites for hydroxylation is 1. The van der Waals surface area contributed by atoms with E-state index in [2.05, 4.69) is 44.2 Å². The average Bonchev–Trinajstić information content (AvgIpc) is 2.79. The molecule has 0 N–H and O–H groups in total. The van der Waals surface area contributed by atoms with Crippen LogP contribution in [0.2, 0.25) is 0 Å². The summed E-state index contributed by atoms with van der Waals surface area (Å²) in [6.45, 7) is 4.57. The zero-order chi connectivity index (χ0) is 20.5. The summed E-state index contributed by atoms with van der Waals surface area (Å²) in [6, 6.07) is 11.9. The van der Waals surface area contributed by atoms with Crippen molar-refractivity contribution < 1.29 is 0 Å². The molecule has 0 bridgehead atoms. The SMILES string of the molecule is CCCCCc1ccc([C@]2(C#N)CC[C@@H](C3CCC(CCCC)CC3)CC2)cc1. The van der Waals surface area contributed by atoms with E-state index in [1.165, 1.54) is 94.6 Å². The van der Waals surface area contributed by atoms with E-state index in [9.17, 15) is 5.26 Å². The van der Waals surface area contributed by atoms with E-state index in [1.54, 1.807) is 0 Å². The number of benzene rings is 1. The average molecular weight is 394 g/mol. The summed E-state index contributed by atoms with van der Waals surface area (Å²) >= 11 is 0. The second kappa shape index (κ2) is 11.2. The zero-order valence-corrected chi connectivity index (χ0v) is 19.1. The van der Waals surface area contributed by atoms with Crippen LogP contribution in [0.3, 0.4) is 0 Å². The number of rotatable bonds is 9. The zero-order valence-electron chi connectivity index (χ0n) is 19.1. The van der Waals surface area contributed by atoms with Crippen molar-refractivity contribution in [2.24, 2.45) is 17.8 Å². The van der Waals surface area contributed by atoms with Gasteiger partial charge in [0, 0.05) is 0 Å². The first-order valence-corrected chi connectivity index (χ1v) is 12.7. The van der Waals surface area contributed by atoms with Gasteiger partial charge in [0.1, 0.15) is 0 Å². The molecule has 160 valence electrons. The quantitative estimate of drug-likeness (QED) is 0.386. The van der Waals surface area contributed by atoms with E-state index in [1.807, 2.05) is 0 Å². The molecule has 0 atom stereocenters. The van der Waals surface area contributed by atoms with Crippen LogP contribution in [0.5, 0.6) is 0 Å². The van der Waals surface area contributed by atoms with Crippen LogP contribution in [-0.2, 0) is 11.8 Å². The lowest BCUT2D eigenvalue weighted by atomic mass is 9.62. The van der Waals surface area contributed by atoms with Crippen molar-refractivity contribution in [3.05, 3.63) is 35.4 Å². The molecule has 0 amide bonds. The second-order valence-electron chi connectivity index (χ2n) is 10.1. The molecule has 0 saturated heterocycles. The Morgan fingerprint density at radius 3 is 2.03 bits per heavy atom. The molecule has 0 spiro atoms. The fourth-order valence-corrected chi connectivity index (χ4v) is 6.08. The third kappa shape index (κ3) is 5.87. The summed E-state index contributed by atoms with van der Waals surface area (Å²) in [4.78, 5) is 0. The molecule has 1 aromatic rings. The molecule has 0 radical (unpaired) electrons. The van der Waals surface area contributed by atoms with Crippen molar-refractivity contribution in [1.29, 1.82) is 5.26 Å². The Balaban J connectivity index is 1.52. The molecule has 29 heavy (non-hydrogen) atoms. The van der Waals surface area contributed by atoms with E-state index in [4.69, 9.17) is 0 Å². The molecule has 1 heteroatoms. The van der Waals surface area contributed by atoms with Crippen molar-refractivity contribution in [2.45, 2.75) is 116 Å². The number of nitrogens with zero attached hydrogens (tertiary/aromatic N) is 1. The standard InChI is InChI=1S/C28H43N/c1-3-5-7-9-24-12-16-27(17-13-24)28(22-29)20-18-26(19-21-28)25-14-10-23(11-15-25)8-6-4-2/h12-13,16-17,23,25-26H,3-11,14-15,18-21H2,1-2H3/t23?,25?,26-,28-. The van der Waals surface area contributed by atoms with Crippen molar-refractivity contribution in [1.82, 2.24) is 0 Å². The molecule has 2 aliphatic carbocycles. The Labute approximate surface area is 180 Å². The first-order valence-electron chi connectivity index (χ1n) is 12.7. The predicted octanol–water partition coefficient (Wildman–Crippen LogP) is 8.37. The molecule has 0 heterocycles. The molecule has 2 saturated carbocycles. The second-order valence-corrected chi connectivity index (χ2v) is 10.1. The van der Waals surface area contributed by atoms with Crippen molar-refractivity contribution in [3.8, 4) is 6.07 Å². The summed E-state index contributed by atoms with van der Waals surface area (Å²) in [6.07, 6.45) is 19.7. The number of nitriles is 1. The van der Waals surface area contributed by atoms with E-state index < -0.39 is 0 Å². The van der Waals surface area contributed by atoms with Gasteiger partial charge in [-0.3, -0.25) is 0 Å². The van der Waals surface area contributed by atoms with Crippen LogP contribution in [-0.4, -0.2) is 0 Å². The lowest BCUT2D eigenvalue weighted by Crippen LogP contribution is -2.33. The topological polar surface area (TPSA) is 23.8 Å². The van der Waals surface area contributed by atoms with E-state index in [0.29, 0.717) is 0 Å². The Kier molecular flexibility index (Phi) is 8.65. The van der Waals surface area contributed by atoms with E-state index in [-0.39, 0.29) is 5.41 Å². The van der Waals surface area contributed by atoms with E-state index >= 15 is 0 Å². The third-order valence-electron chi connectivity index (χ3n) is 8.20. The minimum absolute atomic E-state index is 0.225. The summed E-state index contributed by atoms with van der Waals surface area (Å²) < 4.78 is 0. The van der Waals surface area contributed by atoms with Crippen LogP contribution in [0, 0.1) is 29.1 Å². The predicted molar refractivity (Wildman–Crippen MR) is 124 cm³/mol. The first kappa shape index (κ1) is 22.4. The van der Waals surface area contributed by atoms with Crippen LogP contribution in [0.4, 0.5) is 0 Å². The van der Waals surface area contributed by atoms with E-state index in [0.717, 1.165) is 30.6 Å². The minimum atomic E-state index is -0.225. The van der Waals surface area contributed by atoms with Crippen LogP contribution in [0.1, 0.15) is 115 Å². The highest BCUT2D eigenvalue weighted by Gasteiger charge is 2.39. The molecule has 2 aliphatic rings. The fourth-order valence-electron chi connectivity index (χ4n) is 6.08. The Morgan fingerprint density at radius 2 is 1.45 bits per heavy atom. The maximum Gasteiger partial charge on any atom is 0.0822 e. The highest BCUT2D eigenvalue weighted by molar-refractivity contribution is 5.35. The van der Waals surface area contributed by atoms with Crippen LogP contribution in [0.15, 0.2) is 24.3 Å². The van der Waals surface area contributed by atoms with Gasteiger partial charge in [0.25, 0.3) is 0 Å². The van der Waals surface area contributed by atoms with Gasteiger partial charge in [-0.1, -0.05) is 83.1 Å². The monoisotopic (exact) mass is 393 g/mol. The summed E-state index contributed by atoms with van der Waals surface area (Å²) in [7, 11) is 0. The summed E-state index contributed by atoms with van der Waals surface area (Å²) in [5.41, 5.74) is 2.49. The minimum Gasteiger partial charge on any atom is -0.197 e. The van der Waals surface area contributed by atoms with Crippen LogP contribution < -0.4 is 0 Å². The largest absolute Gasteiger partial charge is 0.197 e. The van der Waals surface area contributed by atoms with Gasteiger partial charge in [0.2, 0.25) is 0 Å². The van der Waals surface area contributed by atoms with Crippen LogP contribution >= 0.6 is 0 Å².